The summed E-state index contributed by atoms with van der Waals surface area (Å²) in [4.78, 5) is 10.6. The number of aromatic nitrogens is 2. The maximum absolute atomic E-state index is 11.5. The average Bonchev–Trinajstić information content (AvgIpc) is 3.91. The molecule has 0 amide bonds. The first-order valence-electron chi connectivity index (χ1n) is 19.0. The summed E-state index contributed by atoms with van der Waals surface area (Å²) in [5.74, 6) is 1.54. The monoisotopic (exact) mass is 723 g/mol. The van der Waals surface area contributed by atoms with E-state index >= 15 is 0 Å². The topological polar surface area (TPSA) is 59.6 Å². The van der Waals surface area contributed by atoms with Crippen molar-refractivity contribution in [3.63, 3.8) is 0 Å². The zero-order chi connectivity index (χ0) is 37.4. The molecular formula is C51H37N3O2. The minimum absolute atomic E-state index is 0.0693. The third-order valence-electron chi connectivity index (χ3n) is 10.8. The van der Waals surface area contributed by atoms with E-state index < -0.39 is 0 Å². The summed E-state index contributed by atoms with van der Waals surface area (Å²) < 4.78 is 8.59. The zero-order valence-electron chi connectivity index (χ0n) is 30.5. The number of hydrogen-bond donors (Lipinski definition) is 1. The van der Waals surface area contributed by atoms with Gasteiger partial charge in [0.05, 0.1) is 28.3 Å². The summed E-state index contributed by atoms with van der Waals surface area (Å²) in [6.07, 6.45) is 0. The highest BCUT2D eigenvalue weighted by Gasteiger charge is 2.31. The predicted octanol–water partition coefficient (Wildman–Crippen LogP) is 11.9. The lowest BCUT2D eigenvalue weighted by atomic mass is 9.86. The van der Waals surface area contributed by atoms with Crippen molar-refractivity contribution in [2.45, 2.75) is 12.0 Å². The Balaban J connectivity index is 1.11. The lowest BCUT2D eigenvalue weighted by molar-refractivity contribution is 0.308. The molecule has 0 saturated carbocycles. The molecule has 5 heteroatoms. The van der Waals surface area contributed by atoms with Crippen LogP contribution in [0, 0.1) is 0 Å². The number of phenols is 1. The fourth-order valence-electron chi connectivity index (χ4n) is 8.18. The van der Waals surface area contributed by atoms with Gasteiger partial charge in [0, 0.05) is 22.4 Å². The van der Waals surface area contributed by atoms with Gasteiger partial charge in [-0.25, -0.2) is 9.98 Å². The molecule has 0 fully saturated rings. The number of para-hydroxylation sites is 1. The van der Waals surface area contributed by atoms with E-state index in [1.54, 1.807) is 6.07 Å². The number of hydrogen-bond acceptors (Lipinski definition) is 4. The van der Waals surface area contributed by atoms with Gasteiger partial charge in [-0.2, -0.15) is 0 Å². The number of benzene rings is 8. The molecule has 0 aliphatic carbocycles. The third kappa shape index (κ3) is 6.00. The standard InChI is InChI=1S/C51H37N3O2/c55-47-30-29-38(34-15-4-1-5-16-34)32-43(47)50-53-49-42(26-14-28-46(49)54(50)45-27-13-22-35-17-10-11-25-41(35)45)39-23-12-24-40(31-39)51-52-44(33-56-51)48(36-18-6-2-7-19-36)37-20-8-3-9-21-37/h1-32,44,48,55H,33H2/t44-/m1/s1. The lowest BCUT2D eigenvalue weighted by Crippen LogP contribution is -2.19. The Morgan fingerprint density at radius 3 is 1.98 bits per heavy atom. The first kappa shape index (κ1) is 33.3. The Morgan fingerprint density at radius 2 is 1.20 bits per heavy atom. The molecule has 0 saturated heterocycles. The summed E-state index contributed by atoms with van der Waals surface area (Å²) in [6.45, 7) is 0.494. The van der Waals surface area contributed by atoms with Crippen molar-refractivity contribution in [2.75, 3.05) is 6.61 Å². The van der Waals surface area contributed by atoms with Crippen LogP contribution in [0.15, 0.2) is 199 Å². The molecule has 1 N–H and O–H groups in total. The average molecular weight is 724 g/mol. The molecule has 0 radical (unpaired) electrons. The van der Waals surface area contributed by atoms with Crippen molar-refractivity contribution in [2.24, 2.45) is 4.99 Å². The van der Waals surface area contributed by atoms with Gasteiger partial charge in [0.25, 0.3) is 0 Å². The highest BCUT2D eigenvalue weighted by Crippen LogP contribution is 2.41. The van der Waals surface area contributed by atoms with E-state index in [0.29, 0.717) is 23.9 Å². The third-order valence-corrected chi connectivity index (χ3v) is 10.8. The summed E-state index contributed by atoms with van der Waals surface area (Å²) in [5.41, 5.74) is 10.8. The van der Waals surface area contributed by atoms with Crippen molar-refractivity contribution in [3.8, 4) is 45.1 Å². The molecule has 1 aromatic heterocycles. The minimum atomic E-state index is -0.0693. The number of imidazole rings is 1. The number of rotatable bonds is 8. The zero-order valence-corrected chi connectivity index (χ0v) is 30.5. The fraction of sp³-hybridized carbons (Fsp3) is 0.0588. The quantitative estimate of drug-likeness (QED) is 0.170. The molecule has 0 spiro atoms. The van der Waals surface area contributed by atoms with Gasteiger partial charge >= 0.3 is 0 Å². The second-order valence-corrected chi connectivity index (χ2v) is 14.2. The number of aliphatic imine (C=N–C) groups is 1. The van der Waals surface area contributed by atoms with E-state index in [0.717, 1.165) is 55.3 Å². The highest BCUT2D eigenvalue weighted by atomic mass is 16.5. The first-order valence-corrected chi connectivity index (χ1v) is 19.0. The second-order valence-electron chi connectivity index (χ2n) is 14.2. The molecule has 268 valence electrons. The Kier molecular flexibility index (Phi) is 8.45. The smallest absolute Gasteiger partial charge is 0.216 e. The number of ether oxygens (including phenoxy) is 1. The molecule has 0 unspecified atom stereocenters. The van der Waals surface area contributed by atoms with E-state index in [9.17, 15) is 5.11 Å². The van der Waals surface area contributed by atoms with Crippen LogP contribution >= 0.6 is 0 Å². The lowest BCUT2D eigenvalue weighted by Gasteiger charge is -2.21. The molecule has 2 heterocycles. The van der Waals surface area contributed by atoms with Crippen LogP contribution in [0.25, 0.3) is 61.1 Å². The Labute approximate surface area is 325 Å². The molecule has 1 aliphatic rings. The van der Waals surface area contributed by atoms with Gasteiger partial charge < -0.3 is 9.84 Å². The molecule has 10 rings (SSSR count). The van der Waals surface area contributed by atoms with Crippen LogP contribution in [-0.2, 0) is 4.74 Å². The van der Waals surface area contributed by atoms with E-state index in [1.807, 2.05) is 30.3 Å². The second kappa shape index (κ2) is 14.2. The Bertz CT molecular complexity index is 2840. The number of phenolic OH excluding ortho intramolecular Hbond substituents is 1. The summed E-state index contributed by atoms with van der Waals surface area (Å²) in [6, 6.07) is 66.5. The molecule has 56 heavy (non-hydrogen) atoms. The summed E-state index contributed by atoms with van der Waals surface area (Å²) >= 11 is 0. The molecule has 5 nitrogen and oxygen atoms in total. The molecule has 0 bridgehead atoms. The fourth-order valence-corrected chi connectivity index (χ4v) is 8.18. The van der Waals surface area contributed by atoms with Crippen LogP contribution in [0.5, 0.6) is 5.75 Å². The van der Waals surface area contributed by atoms with Gasteiger partial charge in [0.1, 0.15) is 18.2 Å². The number of fused-ring (bicyclic) bond motifs is 2. The largest absolute Gasteiger partial charge is 0.507 e. The van der Waals surface area contributed by atoms with Crippen LogP contribution in [0.1, 0.15) is 22.6 Å². The van der Waals surface area contributed by atoms with E-state index in [-0.39, 0.29) is 17.7 Å². The first-order chi connectivity index (χ1) is 27.7. The molecular weight excluding hydrogens is 687 g/mol. The van der Waals surface area contributed by atoms with E-state index in [2.05, 4.69) is 162 Å². The van der Waals surface area contributed by atoms with E-state index in [1.165, 1.54) is 11.1 Å². The van der Waals surface area contributed by atoms with Crippen molar-refractivity contribution in [3.05, 3.63) is 211 Å². The summed E-state index contributed by atoms with van der Waals surface area (Å²) in [5, 5.41) is 13.7. The van der Waals surface area contributed by atoms with Gasteiger partial charge in [0.15, 0.2) is 0 Å². The molecule has 1 atom stereocenters. The van der Waals surface area contributed by atoms with Crippen LogP contribution in [0.2, 0.25) is 0 Å². The van der Waals surface area contributed by atoms with Crippen molar-refractivity contribution in [1.29, 1.82) is 0 Å². The normalized spacial score (nSPS) is 13.9. The van der Waals surface area contributed by atoms with Gasteiger partial charge in [-0.1, -0.05) is 158 Å². The SMILES string of the molecule is Oc1ccc(-c2ccccc2)cc1-c1nc2c(-c3cccc(C4=N[C@@H](C(c5ccccc5)c5ccccc5)CO4)c3)cccc2n1-c1cccc2ccccc12. The summed E-state index contributed by atoms with van der Waals surface area (Å²) in [7, 11) is 0. The Hall–Kier alpha value is -7.24. The van der Waals surface area contributed by atoms with Crippen molar-refractivity contribution >= 4 is 27.7 Å². The highest BCUT2D eigenvalue weighted by molar-refractivity contribution is 6.01. The molecule has 8 aromatic carbocycles. The predicted molar refractivity (Wildman–Crippen MR) is 228 cm³/mol. The number of aromatic hydroxyl groups is 1. The van der Waals surface area contributed by atoms with Gasteiger partial charge in [-0.05, 0) is 69.6 Å². The maximum Gasteiger partial charge on any atom is 0.216 e. The van der Waals surface area contributed by atoms with Crippen LogP contribution in [0.4, 0.5) is 0 Å². The number of nitrogens with zero attached hydrogens (tertiary/aromatic N) is 3. The van der Waals surface area contributed by atoms with Crippen LogP contribution in [-0.4, -0.2) is 33.2 Å². The van der Waals surface area contributed by atoms with Gasteiger partial charge in [0.2, 0.25) is 5.90 Å². The maximum atomic E-state index is 11.5. The van der Waals surface area contributed by atoms with E-state index in [4.69, 9.17) is 14.7 Å². The van der Waals surface area contributed by atoms with Crippen molar-refractivity contribution < 1.29 is 9.84 Å². The molecule has 9 aromatic rings. The molecule has 1 aliphatic heterocycles. The Morgan fingerprint density at radius 1 is 0.554 bits per heavy atom. The van der Waals surface area contributed by atoms with Crippen molar-refractivity contribution in [1.82, 2.24) is 9.55 Å². The van der Waals surface area contributed by atoms with Gasteiger partial charge in [-0.15, -0.1) is 0 Å². The minimum Gasteiger partial charge on any atom is -0.507 e. The van der Waals surface area contributed by atoms with Crippen LogP contribution in [0.3, 0.4) is 0 Å². The van der Waals surface area contributed by atoms with Crippen LogP contribution < -0.4 is 0 Å². The van der Waals surface area contributed by atoms with Gasteiger partial charge in [-0.3, -0.25) is 4.57 Å².